The SMILES string of the molecule is COc1cc(C)ccc1OC(=O)NCCO. The molecule has 0 radical (unpaired) electrons. The van der Waals surface area contributed by atoms with E-state index in [2.05, 4.69) is 5.32 Å². The smallest absolute Gasteiger partial charge is 0.412 e. The minimum absolute atomic E-state index is 0.125. The minimum atomic E-state index is -0.615. The monoisotopic (exact) mass is 225 g/mol. The summed E-state index contributed by atoms with van der Waals surface area (Å²) >= 11 is 0. The molecule has 2 N–H and O–H groups in total. The molecular weight excluding hydrogens is 210 g/mol. The molecule has 0 atom stereocenters. The second-order valence-corrected chi connectivity index (χ2v) is 3.19. The third-order valence-electron chi connectivity index (χ3n) is 1.90. The van der Waals surface area contributed by atoms with Gasteiger partial charge in [-0.15, -0.1) is 0 Å². The Morgan fingerprint density at radius 3 is 2.81 bits per heavy atom. The molecule has 5 nitrogen and oxygen atoms in total. The lowest BCUT2D eigenvalue weighted by Crippen LogP contribution is -2.29. The molecule has 1 rings (SSSR count). The number of ether oxygens (including phenoxy) is 2. The van der Waals surface area contributed by atoms with E-state index >= 15 is 0 Å². The van der Waals surface area contributed by atoms with Gasteiger partial charge < -0.3 is 19.9 Å². The zero-order valence-corrected chi connectivity index (χ0v) is 9.32. The zero-order chi connectivity index (χ0) is 12.0. The van der Waals surface area contributed by atoms with Crippen molar-refractivity contribution in [3.8, 4) is 11.5 Å². The second kappa shape index (κ2) is 5.97. The van der Waals surface area contributed by atoms with Gasteiger partial charge in [-0.2, -0.15) is 0 Å². The first-order valence-corrected chi connectivity index (χ1v) is 4.88. The summed E-state index contributed by atoms with van der Waals surface area (Å²) in [5.41, 5.74) is 1.01. The lowest BCUT2D eigenvalue weighted by atomic mass is 10.2. The minimum Gasteiger partial charge on any atom is -0.493 e. The Bertz CT molecular complexity index is 365. The first-order chi connectivity index (χ1) is 7.67. The number of carbonyl (C=O) groups excluding carboxylic acids is 1. The number of aryl methyl sites for hydroxylation is 1. The van der Waals surface area contributed by atoms with Crippen LogP contribution in [-0.4, -0.2) is 31.5 Å². The van der Waals surface area contributed by atoms with Crippen molar-refractivity contribution >= 4 is 6.09 Å². The highest BCUT2D eigenvalue weighted by Crippen LogP contribution is 2.27. The van der Waals surface area contributed by atoms with Gasteiger partial charge in [-0.25, -0.2) is 4.79 Å². The van der Waals surface area contributed by atoms with Crippen LogP contribution in [0, 0.1) is 6.92 Å². The van der Waals surface area contributed by atoms with E-state index in [1.165, 1.54) is 7.11 Å². The van der Waals surface area contributed by atoms with Crippen molar-refractivity contribution in [3.63, 3.8) is 0 Å². The fourth-order valence-corrected chi connectivity index (χ4v) is 1.15. The standard InChI is InChI=1S/C11H15NO4/c1-8-3-4-9(10(7-8)15-2)16-11(14)12-5-6-13/h3-4,7,13H,5-6H2,1-2H3,(H,12,14). The van der Waals surface area contributed by atoms with Crippen LogP contribution in [0.3, 0.4) is 0 Å². The van der Waals surface area contributed by atoms with Crippen LogP contribution in [0.15, 0.2) is 18.2 Å². The van der Waals surface area contributed by atoms with Crippen molar-refractivity contribution < 1.29 is 19.4 Å². The first kappa shape index (κ1) is 12.3. The van der Waals surface area contributed by atoms with Gasteiger partial charge in [-0.1, -0.05) is 6.07 Å². The number of carbonyl (C=O) groups is 1. The quantitative estimate of drug-likeness (QED) is 0.804. The van der Waals surface area contributed by atoms with Crippen LogP contribution in [0.2, 0.25) is 0 Å². The van der Waals surface area contributed by atoms with Crippen molar-refractivity contribution in [1.29, 1.82) is 0 Å². The van der Waals surface area contributed by atoms with Gasteiger partial charge in [-0.3, -0.25) is 0 Å². The molecule has 0 aliphatic heterocycles. The first-order valence-electron chi connectivity index (χ1n) is 4.88. The Morgan fingerprint density at radius 2 is 2.19 bits per heavy atom. The molecule has 0 saturated carbocycles. The molecule has 5 heteroatoms. The zero-order valence-electron chi connectivity index (χ0n) is 9.32. The van der Waals surface area contributed by atoms with E-state index in [-0.39, 0.29) is 13.2 Å². The van der Waals surface area contributed by atoms with Gasteiger partial charge in [0.15, 0.2) is 11.5 Å². The van der Waals surface area contributed by atoms with Gasteiger partial charge >= 0.3 is 6.09 Å². The Kier molecular flexibility index (Phi) is 4.60. The molecule has 0 bridgehead atoms. The summed E-state index contributed by atoms with van der Waals surface area (Å²) in [6, 6.07) is 5.25. The van der Waals surface area contributed by atoms with E-state index < -0.39 is 6.09 Å². The summed E-state index contributed by atoms with van der Waals surface area (Å²) in [7, 11) is 1.51. The number of amides is 1. The third kappa shape index (κ3) is 3.43. The molecule has 0 aliphatic carbocycles. The average molecular weight is 225 g/mol. The largest absolute Gasteiger partial charge is 0.493 e. The number of hydrogen-bond donors (Lipinski definition) is 2. The summed E-state index contributed by atoms with van der Waals surface area (Å²) in [6.45, 7) is 1.95. The van der Waals surface area contributed by atoms with Crippen LogP contribution in [0.4, 0.5) is 4.79 Å². The van der Waals surface area contributed by atoms with Gasteiger partial charge in [0, 0.05) is 6.54 Å². The molecule has 1 aromatic carbocycles. The van der Waals surface area contributed by atoms with E-state index in [0.717, 1.165) is 5.56 Å². The van der Waals surface area contributed by atoms with E-state index in [0.29, 0.717) is 11.5 Å². The Balaban J connectivity index is 2.69. The van der Waals surface area contributed by atoms with Crippen molar-refractivity contribution in [2.24, 2.45) is 0 Å². The molecule has 0 saturated heterocycles. The molecule has 0 aliphatic rings. The van der Waals surface area contributed by atoms with Gasteiger partial charge in [0.05, 0.1) is 13.7 Å². The molecule has 0 fully saturated rings. The number of methoxy groups -OCH3 is 1. The normalized spacial score (nSPS) is 9.69. The lowest BCUT2D eigenvalue weighted by Gasteiger charge is -2.10. The number of rotatable bonds is 4. The highest BCUT2D eigenvalue weighted by molar-refractivity contribution is 5.71. The number of benzene rings is 1. The van der Waals surface area contributed by atoms with Crippen LogP contribution >= 0.6 is 0 Å². The van der Waals surface area contributed by atoms with Crippen LogP contribution in [-0.2, 0) is 0 Å². The molecule has 1 amide bonds. The molecule has 16 heavy (non-hydrogen) atoms. The molecule has 0 unspecified atom stereocenters. The highest BCUT2D eigenvalue weighted by atomic mass is 16.6. The summed E-state index contributed by atoms with van der Waals surface area (Å²) in [4.78, 5) is 11.2. The van der Waals surface area contributed by atoms with Gasteiger partial charge in [0.2, 0.25) is 0 Å². The van der Waals surface area contributed by atoms with Crippen LogP contribution in [0.5, 0.6) is 11.5 Å². The van der Waals surface area contributed by atoms with Crippen LogP contribution in [0.25, 0.3) is 0 Å². The van der Waals surface area contributed by atoms with Crippen LogP contribution in [0.1, 0.15) is 5.56 Å². The van der Waals surface area contributed by atoms with Crippen molar-refractivity contribution in [3.05, 3.63) is 23.8 Å². The summed E-state index contributed by atoms with van der Waals surface area (Å²) in [6.07, 6.45) is -0.615. The van der Waals surface area contributed by atoms with E-state index in [4.69, 9.17) is 14.6 Å². The summed E-state index contributed by atoms with van der Waals surface area (Å²) in [5, 5.41) is 10.9. The van der Waals surface area contributed by atoms with Gasteiger partial charge in [0.25, 0.3) is 0 Å². The molecule has 0 spiro atoms. The number of aliphatic hydroxyl groups is 1. The molecule has 0 aromatic heterocycles. The van der Waals surface area contributed by atoms with E-state index in [9.17, 15) is 4.79 Å². The fourth-order valence-electron chi connectivity index (χ4n) is 1.15. The predicted molar refractivity (Wildman–Crippen MR) is 58.8 cm³/mol. The second-order valence-electron chi connectivity index (χ2n) is 3.19. The predicted octanol–water partition coefficient (Wildman–Crippen LogP) is 1.08. The highest BCUT2D eigenvalue weighted by Gasteiger charge is 2.09. The Hall–Kier alpha value is -1.75. The third-order valence-corrected chi connectivity index (χ3v) is 1.90. The van der Waals surface area contributed by atoms with Gasteiger partial charge in [-0.05, 0) is 24.6 Å². The van der Waals surface area contributed by atoms with E-state index in [1.807, 2.05) is 13.0 Å². The van der Waals surface area contributed by atoms with Crippen molar-refractivity contribution in [2.75, 3.05) is 20.3 Å². The topological polar surface area (TPSA) is 67.8 Å². The average Bonchev–Trinajstić information content (AvgIpc) is 2.28. The number of aliphatic hydroxyl groups excluding tert-OH is 1. The maximum absolute atomic E-state index is 11.2. The van der Waals surface area contributed by atoms with Crippen molar-refractivity contribution in [2.45, 2.75) is 6.92 Å². The Morgan fingerprint density at radius 1 is 1.44 bits per heavy atom. The lowest BCUT2D eigenvalue weighted by molar-refractivity contribution is 0.193. The van der Waals surface area contributed by atoms with Crippen molar-refractivity contribution in [1.82, 2.24) is 5.32 Å². The molecule has 0 heterocycles. The molecular formula is C11H15NO4. The maximum Gasteiger partial charge on any atom is 0.412 e. The molecule has 1 aromatic rings. The fraction of sp³-hybridized carbons (Fsp3) is 0.364. The molecule has 88 valence electrons. The summed E-state index contributed by atoms with van der Waals surface area (Å²) < 4.78 is 10.1. The van der Waals surface area contributed by atoms with Gasteiger partial charge in [0.1, 0.15) is 0 Å². The Labute approximate surface area is 94.0 Å². The van der Waals surface area contributed by atoms with Crippen LogP contribution < -0.4 is 14.8 Å². The van der Waals surface area contributed by atoms with E-state index in [1.54, 1.807) is 12.1 Å². The summed E-state index contributed by atoms with van der Waals surface area (Å²) in [5.74, 6) is 0.850. The number of hydrogen-bond acceptors (Lipinski definition) is 4. The number of nitrogens with one attached hydrogen (secondary N) is 1. The maximum atomic E-state index is 11.2.